The SMILES string of the molecule is CCCOc1cncc(C2(O)CCCN(C(C)C)CC2)c1. The molecule has 1 N–H and O–H groups in total. The van der Waals surface area contributed by atoms with Crippen LogP contribution in [0.25, 0.3) is 0 Å². The Morgan fingerprint density at radius 1 is 1.33 bits per heavy atom. The van der Waals surface area contributed by atoms with E-state index in [1.807, 2.05) is 6.07 Å². The molecular formula is C17H28N2O2. The second kappa shape index (κ2) is 7.23. The third-order valence-corrected chi connectivity index (χ3v) is 4.30. The van der Waals surface area contributed by atoms with Crippen molar-refractivity contribution in [2.75, 3.05) is 19.7 Å². The van der Waals surface area contributed by atoms with E-state index in [2.05, 4.69) is 30.7 Å². The lowest BCUT2D eigenvalue weighted by atomic mass is 9.88. The molecule has 0 radical (unpaired) electrons. The van der Waals surface area contributed by atoms with Crippen molar-refractivity contribution in [1.82, 2.24) is 9.88 Å². The number of nitrogens with zero attached hydrogens (tertiary/aromatic N) is 2. The van der Waals surface area contributed by atoms with E-state index in [1.165, 1.54) is 0 Å². The minimum atomic E-state index is -0.776. The van der Waals surface area contributed by atoms with Gasteiger partial charge in [-0.1, -0.05) is 6.92 Å². The molecule has 4 nitrogen and oxygen atoms in total. The lowest BCUT2D eigenvalue weighted by Crippen LogP contribution is -2.33. The van der Waals surface area contributed by atoms with Crippen molar-refractivity contribution in [1.29, 1.82) is 0 Å². The minimum Gasteiger partial charge on any atom is -0.492 e. The van der Waals surface area contributed by atoms with Gasteiger partial charge in [0.25, 0.3) is 0 Å². The normalized spacial score (nSPS) is 24.0. The average Bonchev–Trinajstić information content (AvgIpc) is 2.68. The summed E-state index contributed by atoms with van der Waals surface area (Å²) < 4.78 is 5.64. The molecule has 4 heteroatoms. The van der Waals surface area contributed by atoms with Crippen LogP contribution in [0.3, 0.4) is 0 Å². The van der Waals surface area contributed by atoms with Gasteiger partial charge in [0, 0.05) is 24.3 Å². The highest BCUT2D eigenvalue weighted by molar-refractivity contribution is 5.28. The summed E-state index contributed by atoms with van der Waals surface area (Å²) in [7, 11) is 0. The predicted octanol–water partition coefficient (Wildman–Crippen LogP) is 2.95. The number of likely N-dealkylation sites (tertiary alicyclic amines) is 1. The van der Waals surface area contributed by atoms with Gasteiger partial charge in [-0.25, -0.2) is 0 Å². The number of hydrogen-bond donors (Lipinski definition) is 1. The van der Waals surface area contributed by atoms with Crippen molar-refractivity contribution < 1.29 is 9.84 Å². The van der Waals surface area contributed by atoms with E-state index in [4.69, 9.17) is 4.74 Å². The van der Waals surface area contributed by atoms with Gasteiger partial charge in [-0.05, 0) is 52.1 Å². The van der Waals surface area contributed by atoms with Crippen molar-refractivity contribution in [3.8, 4) is 5.75 Å². The first-order valence-corrected chi connectivity index (χ1v) is 8.10. The second-order valence-electron chi connectivity index (χ2n) is 6.27. The smallest absolute Gasteiger partial charge is 0.137 e. The van der Waals surface area contributed by atoms with Crippen LogP contribution >= 0.6 is 0 Å². The molecule has 0 amide bonds. The van der Waals surface area contributed by atoms with Crippen LogP contribution in [-0.2, 0) is 5.60 Å². The van der Waals surface area contributed by atoms with E-state index in [-0.39, 0.29) is 0 Å². The molecule has 1 aromatic rings. The van der Waals surface area contributed by atoms with Crippen LogP contribution in [-0.4, -0.2) is 40.7 Å². The molecule has 0 saturated carbocycles. The highest BCUT2D eigenvalue weighted by Gasteiger charge is 2.33. The summed E-state index contributed by atoms with van der Waals surface area (Å²) in [6.07, 6.45) is 7.02. The lowest BCUT2D eigenvalue weighted by molar-refractivity contribution is 0.0198. The summed E-state index contributed by atoms with van der Waals surface area (Å²) >= 11 is 0. The molecule has 1 aliphatic heterocycles. The number of ether oxygens (including phenoxy) is 1. The lowest BCUT2D eigenvalue weighted by Gasteiger charge is -2.28. The van der Waals surface area contributed by atoms with E-state index in [1.54, 1.807) is 12.4 Å². The third kappa shape index (κ3) is 4.17. The van der Waals surface area contributed by atoms with Gasteiger partial charge in [-0.2, -0.15) is 0 Å². The van der Waals surface area contributed by atoms with Gasteiger partial charge in [-0.3, -0.25) is 4.98 Å². The highest BCUT2D eigenvalue weighted by Crippen LogP contribution is 2.34. The molecule has 1 aromatic heterocycles. The zero-order chi connectivity index (χ0) is 15.3. The number of pyridine rings is 1. The zero-order valence-corrected chi connectivity index (χ0v) is 13.5. The van der Waals surface area contributed by atoms with Crippen LogP contribution in [0.15, 0.2) is 18.5 Å². The summed E-state index contributed by atoms with van der Waals surface area (Å²) in [6.45, 7) is 9.17. The summed E-state index contributed by atoms with van der Waals surface area (Å²) in [5.74, 6) is 0.757. The van der Waals surface area contributed by atoms with Crippen LogP contribution in [0.4, 0.5) is 0 Å². The Morgan fingerprint density at radius 3 is 2.86 bits per heavy atom. The number of rotatable bonds is 5. The average molecular weight is 292 g/mol. The standard InChI is InChI=1S/C17H28N2O2/c1-4-10-21-16-11-15(12-18-13-16)17(20)6-5-8-19(9-7-17)14(2)3/h11-14,20H,4-10H2,1-3H3. The first-order chi connectivity index (χ1) is 10.0. The summed E-state index contributed by atoms with van der Waals surface area (Å²) in [6, 6.07) is 2.48. The fourth-order valence-corrected chi connectivity index (χ4v) is 2.92. The molecule has 1 saturated heterocycles. The fourth-order valence-electron chi connectivity index (χ4n) is 2.92. The molecule has 0 aliphatic carbocycles. The van der Waals surface area contributed by atoms with Gasteiger partial charge in [0.05, 0.1) is 18.4 Å². The minimum absolute atomic E-state index is 0.532. The van der Waals surface area contributed by atoms with E-state index in [9.17, 15) is 5.11 Å². The molecule has 0 aromatic carbocycles. The third-order valence-electron chi connectivity index (χ3n) is 4.30. The number of aliphatic hydroxyl groups is 1. The Balaban J connectivity index is 2.12. The first kappa shape index (κ1) is 16.2. The Kier molecular flexibility index (Phi) is 5.59. The van der Waals surface area contributed by atoms with Crippen molar-refractivity contribution in [3.05, 3.63) is 24.0 Å². The van der Waals surface area contributed by atoms with Crippen LogP contribution in [0, 0.1) is 0 Å². The Labute approximate surface area is 128 Å². The van der Waals surface area contributed by atoms with Gasteiger partial charge in [-0.15, -0.1) is 0 Å². The van der Waals surface area contributed by atoms with Gasteiger partial charge in [0.2, 0.25) is 0 Å². The Bertz CT molecular complexity index is 450. The maximum absolute atomic E-state index is 11.0. The van der Waals surface area contributed by atoms with Gasteiger partial charge in [0.15, 0.2) is 0 Å². The molecule has 1 aliphatic rings. The molecule has 1 atom stereocenters. The maximum Gasteiger partial charge on any atom is 0.137 e. The monoisotopic (exact) mass is 292 g/mol. The molecule has 118 valence electrons. The molecule has 1 unspecified atom stereocenters. The van der Waals surface area contributed by atoms with Gasteiger partial charge < -0.3 is 14.7 Å². The van der Waals surface area contributed by atoms with Crippen LogP contribution in [0.1, 0.15) is 52.0 Å². The van der Waals surface area contributed by atoms with Crippen LogP contribution < -0.4 is 4.74 Å². The predicted molar refractivity (Wildman–Crippen MR) is 84.5 cm³/mol. The molecule has 1 fully saturated rings. The summed E-state index contributed by atoms with van der Waals surface area (Å²) in [4.78, 5) is 6.68. The Morgan fingerprint density at radius 2 is 2.14 bits per heavy atom. The van der Waals surface area contributed by atoms with Crippen LogP contribution in [0.5, 0.6) is 5.75 Å². The second-order valence-corrected chi connectivity index (χ2v) is 6.27. The molecule has 2 heterocycles. The summed E-state index contributed by atoms with van der Waals surface area (Å²) in [5.41, 5.74) is 0.115. The van der Waals surface area contributed by atoms with Crippen molar-refractivity contribution in [2.45, 2.75) is 58.1 Å². The van der Waals surface area contributed by atoms with E-state index in [0.29, 0.717) is 12.6 Å². The first-order valence-electron chi connectivity index (χ1n) is 8.10. The van der Waals surface area contributed by atoms with Crippen molar-refractivity contribution in [3.63, 3.8) is 0 Å². The largest absolute Gasteiger partial charge is 0.492 e. The maximum atomic E-state index is 11.0. The molecule has 2 rings (SSSR count). The van der Waals surface area contributed by atoms with E-state index < -0.39 is 5.60 Å². The van der Waals surface area contributed by atoms with E-state index in [0.717, 1.165) is 50.1 Å². The molecule has 21 heavy (non-hydrogen) atoms. The Hall–Kier alpha value is -1.13. The molecule has 0 spiro atoms. The van der Waals surface area contributed by atoms with Crippen molar-refractivity contribution >= 4 is 0 Å². The molecular weight excluding hydrogens is 264 g/mol. The topological polar surface area (TPSA) is 45.6 Å². The van der Waals surface area contributed by atoms with Crippen LogP contribution in [0.2, 0.25) is 0 Å². The highest BCUT2D eigenvalue weighted by atomic mass is 16.5. The number of aromatic nitrogens is 1. The zero-order valence-electron chi connectivity index (χ0n) is 13.5. The summed E-state index contributed by atoms with van der Waals surface area (Å²) in [5, 5.41) is 11.0. The van der Waals surface area contributed by atoms with Crippen molar-refractivity contribution in [2.24, 2.45) is 0 Å². The molecule has 0 bridgehead atoms. The van der Waals surface area contributed by atoms with Gasteiger partial charge >= 0.3 is 0 Å². The quantitative estimate of drug-likeness (QED) is 0.906. The fraction of sp³-hybridized carbons (Fsp3) is 0.706. The van der Waals surface area contributed by atoms with E-state index >= 15 is 0 Å². The number of hydrogen-bond acceptors (Lipinski definition) is 4. The van der Waals surface area contributed by atoms with Gasteiger partial charge in [0.1, 0.15) is 5.75 Å².